The highest BCUT2D eigenvalue weighted by Gasteiger charge is 2.15. The van der Waals surface area contributed by atoms with Crippen LogP contribution in [-0.2, 0) is 13.5 Å². The predicted octanol–water partition coefficient (Wildman–Crippen LogP) is 2.17. The normalized spacial score (nSPS) is 10.7. The Morgan fingerprint density at radius 1 is 1.28 bits per heavy atom. The highest BCUT2D eigenvalue weighted by Crippen LogP contribution is 2.15. The average molecular weight is 243 g/mol. The maximum Gasteiger partial charge on any atom is 0.168 e. The van der Waals surface area contributed by atoms with Crippen LogP contribution in [-0.4, -0.2) is 20.5 Å². The Bertz CT molecular complexity index is 599. The van der Waals surface area contributed by atoms with E-state index >= 15 is 0 Å². The van der Waals surface area contributed by atoms with Gasteiger partial charge in [-0.05, 0) is 32.4 Å². The third kappa shape index (κ3) is 2.32. The lowest BCUT2D eigenvalue weighted by atomic mass is 10.0. The second-order valence-electron chi connectivity index (χ2n) is 4.62. The lowest BCUT2D eigenvalue weighted by molar-refractivity contribution is 0.0992. The molecule has 0 aliphatic carbocycles. The van der Waals surface area contributed by atoms with E-state index in [-0.39, 0.29) is 5.78 Å². The summed E-state index contributed by atoms with van der Waals surface area (Å²) in [6, 6.07) is 1.87. The Balaban J connectivity index is 2.27. The van der Waals surface area contributed by atoms with Crippen LogP contribution >= 0.6 is 0 Å². The summed E-state index contributed by atoms with van der Waals surface area (Å²) in [6.45, 7) is 5.85. The van der Waals surface area contributed by atoms with Gasteiger partial charge in [-0.15, -0.1) is 0 Å². The van der Waals surface area contributed by atoms with Gasteiger partial charge < -0.3 is 0 Å². The summed E-state index contributed by atoms with van der Waals surface area (Å²) < 4.78 is 1.81. The quantitative estimate of drug-likeness (QED) is 0.776. The summed E-state index contributed by atoms with van der Waals surface area (Å²) in [5.41, 5.74) is 4.65. The minimum atomic E-state index is 0.0883. The minimum Gasteiger partial charge on any atom is -0.294 e. The van der Waals surface area contributed by atoms with Gasteiger partial charge in [0.1, 0.15) is 0 Å². The number of hydrogen-bond donors (Lipinski definition) is 0. The van der Waals surface area contributed by atoms with Crippen molar-refractivity contribution in [3.8, 4) is 0 Å². The number of rotatable bonds is 3. The van der Waals surface area contributed by atoms with Gasteiger partial charge in [0, 0.05) is 42.7 Å². The van der Waals surface area contributed by atoms with Crippen LogP contribution in [0.5, 0.6) is 0 Å². The summed E-state index contributed by atoms with van der Waals surface area (Å²) in [7, 11) is 1.89. The molecule has 0 aromatic carbocycles. The van der Waals surface area contributed by atoms with Gasteiger partial charge >= 0.3 is 0 Å². The van der Waals surface area contributed by atoms with E-state index in [4.69, 9.17) is 0 Å². The van der Waals surface area contributed by atoms with Gasteiger partial charge in [0.2, 0.25) is 0 Å². The Labute approximate surface area is 107 Å². The Morgan fingerprint density at radius 3 is 2.56 bits per heavy atom. The molecule has 4 heteroatoms. The van der Waals surface area contributed by atoms with E-state index in [2.05, 4.69) is 10.1 Å². The second kappa shape index (κ2) is 4.72. The lowest BCUT2D eigenvalue weighted by Gasteiger charge is -2.03. The van der Waals surface area contributed by atoms with Crippen LogP contribution in [0.25, 0.3) is 0 Å². The van der Waals surface area contributed by atoms with Crippen LogP contribution in [0, 0.1) is 20.8 Å². The molecule has 0 aliphatic heterocycles. The van der Waals surface area contributed by atoms with Gasteiger partial charge in [0.05, 0.1) is 5.69 Å². The van der Waals surface area contributed by atoms with Gasteiger partial charge in [-0.1, -0.05) is 0 Å². The lowest BCUT2D eigenvalue weighted by Crippen LogP contribution is -2.06. The molecular weight excluding hydrogens is 226 g/mol. The molecule has 18 heavy (non-hydrogen) atoms. The van der Waals surface area contributed by atoms with Crippen molar-refractivity contribution in [2.75, 3.05) is 0 Å². The molecule has 0 radical (unpaired) electrons. The molecule has 0 unspecified atom stereocenters. The summed E-state index contributed by atoms with van der Waals surface area (Å²) >= 11 is 0. The van der Waals surface area contributed by atoms with E-state index < -0.39 is 0 Å². The fraction of sp³-hybridized carbons (Fsp3) is 0.357. The average Bonchev–Trinajstić information content (AvgIpc) is 2.56. The number of ketones is 1. The molecule has 0 amide bonds. The van der Waals surface area contributed by atoms with Crippen molar-refractivity contribution in [3.63, 3.8) is 0 Å². The first kappa shape index (κ1) is 12.5. The van der Waals surface area contributed by atoms with Crippen LogP contribution in [0.4, 0.5) is 0 Å². The highest BCUT2D eigenvalue weighted by molar-refractivity contribution is 5.97. The van der Waals surface area contributed by atoms with Crippen LogP contribution in [0.3, 0.4) is 0 Å². The summed E-state index contributed by atoms with van der Waals surface area (Å²) in [5.74, 6) is 0.0883. The van der Waals surface area contributed by atoms with Crippen molar-refractivity contribution >= 4 is 5.78 Å². The number of carbonyl (C=O) groups is 1. The van der Waals surface area contributed by atoms with E-state index in [1.54, 1.807) is 12.4 Å². The summed E-state index contributed by atoms with van der Waals surface area (Å²) in [6.07, 6.45) is 3.75. The maximum absolute atomic E-state index is 12.2. The Hall–Kier alpha value is -1.97. The van der Waals surface area contributed by atoms with E-state index in [0.717, 1.165) is 22.5 Å². The van der Waals surface area contributed by atoms with Crippen LogP contribution in [0.2, 0.25) is 0 Å². The SMILES string of the molecule is Cc1cncc(C(=O)Cc2c(C)nn(C)c2C)c1. The van der Waals surface area contributed by atoms with Crippen LogP contribution in [0.1, 0.15) is 32.9 Å². The first-order valence-corrected chi connectivity index (χ1v) is 5.93. The van der Waals surface area contributed by atoms with Gasteiger partial charge in [0.15, 0.2) is 5.78 Å². The minimum absolute atomic E-state index is 0.0883. The van der Waals surface area contributed by atoms with E-state index in [1.165, 1.54) is 0 Å². The Morgan fingerprint density at radius 2 is 2.00 bits per heavy atom. The van der Waals surface area contributed by atoms with E-state index in [0.29, 0.717) is 12.0 Å². The van der Waals surface area contributed by atoms with Crippen molar-refractivity contribution in [1.82, 2.24) is 14.8 Å². The molecule has 2 heterocycles. The predicted molar refractivity (Wildman–Crippen MR) is 69.7 cm³/mol. The highest BCUT2D eigenvalue weighted by atomic mass is 16.1. The smallest absolute Gasteiger partial charge is 0.168 e. The molecule has 0 saturated carbocycles. The van der Waals surface area contributed by atoms with Crippen molar-refractivity contribution in [3.05, 3.63) is 46.5 Å². The summed E-state index contributed by atoms with van der Waals surface area (Å²) in [4.78, 5) is 16.3. The third-order valence-electron chi connectivity index (χ3n) is 3.19. The number of pyridine rings is 1. The molecule has 0 N–H and O–H groups in total. The zero-order valence-electron chi connectivity index (χ0n) is 11.2. The van der Waals surface area contributed by atoms with Gasteiger partial charge in [-0.25, -0.2) is 0 Å². The Kier molecular flexibility index (Phi) is 3.28. The van der Waals surface area contributed by atoms with E-state index in [1.807, 2.05) is 38.6 Å². The van der Waals surface area contributed by atoms with Crippen molar-refractivity contribution in [1.29, 1.82) is 0 Å². The molecule has 0 aliphatic rings. The zero-order valence-corrected chi connectivity index (χ0v) is 11.2. The maximum atomic E-state index is 12.2. The zero-order chi connectivity index (χ0) is 13.3. The van der Waals surface area contributed by atoms with E-state index in [9.17, 15) is 4.79 Å². The van der Waals surface area contributed by atoms with Crippen molar-refractivity contribution < 1.29 is 4.79 Å². The molecular formula is C14H17N3O. The number of aromatic nitrogens is 3. The van der Waals surface area contributed by atoms with Gasteiger partial charge in [0.25, 0.3) is 0 Å². The molecule has 0 saturated heterocycles. The topological polar surface area (TPSA) is 47.8 Å². The molecule has 2 rings (SSSR count). The fourth-order valence-corrected chi connectivity index (χ4v) is 2.04. The molecule has 4 nitrogen and oxygen atoms in total. The number of hydrogen-bond acceptors (Lipinski definition) is 3. The first-order chi connectivity index (χ1) is 8.49. The first-order valence-electron chi connectivity index (χ1n) is 5.93. The monoisotopic (exact) mass is 243 g/mol. The summed E-state index contributed by atoms with van der Waals surface area (Å²) in [5, 5.41) is 4.32. The molecule has 2 aromatic heterocycles. The number of Topliss-reactive ketones (excluding diaryl/α,β-unsaturated/α-hetero) is 1. The molecule has 2 aromatic rings. The number of nitrogens with zero attached hydrogens (tertiary/aromatic N) is 3. The van der Waals surface area contributed by atoms with Crippen LogP contribution < -0.4 is 0 Å². The van der Waals surface area contributed by atoms with Crippen molar-refractivity contribution in [2.45, 2.75) is 27.2 Å². The largest absolute Gasteiger partial charge is 0.294 e. The second-order valence-corrected chi connectivity index (χ2v) is 4.62. The standard InChI is InChI=1S/C14H17N3O/c1-9-5-12(8-15-7-9)14(18)6-13-10(2)16-17(4)11(13)3/h5,7-8H,6H2,1-4H3. The molecule has 0 fully saturated rings. The molecule has 0 atom stereocenters. The number of carbonyl (C=O) groups excluding carboxylic acids is 1. The third-order valence-corrected chi connectivity index (χ3v) is 3.19. The molecule has 94 valence electrons. The van der Waals surface area contributed by atoms with Crippen LogP contribution in [0.15, 0.2) is 18.5 Å². The number of aryl methyl sites for hydroxylation is 3. The molecule has 0 bridgehead atoms. The molecule has 0 spiro atoms. The fourth-order valence-electron chi connectivity index (χ4n) is 2.04. The van der Waals surface area contributed by atoms with Gasteiger partial charge in [-0.2, -0.15) is 5.10 Å². The van der Waals surface area contributed by atoms with Crippen molar-refractivity contribution in [2.24, 2.45) is 7.05 Å². The van der Waals surface area contributed by atoms with Gasteiger partial charge in [-0.3, -0.25) is 14.5 Å².